The monoisotopic (exact) mass is 484 g/mol. The summed E-state index contributed by atoms with van der Waals surface area (Å²) < 4.78 is 78.0. The average Bonchev–Trinajstić information content (AvgIpc) is 3.33. The molecule has 2 saturated heterocycles. The van der Waals surface area contributed by atoms with Crippen molar-refractivity contribution in [2.45, 2.75) is 30.2 Å². The van der Waals surface area contributed by atoms with Gasteiger partial charge in [0.15, 0.2) is 6.29 Å². The highest BCUT2D eigenvalue weighted by atomic mass is 32.2. The fourth-order valence-corrected chi connectivity index (χ4v) is 5.12. The maximum atomic E-state index is 13.1. The smallest absolute Gasteiger partial charge is 0.350 e. The number of nitrogens with one attached hydrogen (secondary N) is 1. The number of piperidine rings is 1. The van der Waals surface area contributed by atoms with Crippen molar-refractivity contribution >= 4 is 21.6 Å². The van der Waals surface area contributed by atoms with E-state index in [2.05, 4.69) is 4.72 Å². The summed E-state index contributed by atoms with van der Waals surface area (Å²) in [4.78, 5) is 14.2. The fourth-order valence-electron chi connectivity index (χ4n) is 4.00. The van der Waals surface area contributed by atoms with Gasteiger partial charge in [-0.15, -0.1) is 0 Å². The number of ether oxygens (including phenoxy) is 2. The Morgan fingerprint density at radius 3 is 2.33 bits per heavy atom. The van der Waals surface area contributed by atoms with E-state index in [1.54, 1.807) is 17.0 Å². The molecule has 2 heterocycles. The average molecular weight is 484 g/mol. The molecule has 7 nitrogen and oxygen atoms in total. The normalized spacial score (nSPS) is 18.5. The number of carbonyl (C=O) groups excluding carboxylic acids is 1. The molecular formula is C22H23F3N2O5S. The molecule has 2 aliphatic rings. The van der Waals surface area contributed by atoms with Crippen LogP contribution in [0.2, 0.25) is 0 Å². The van der Waals surface area contributed by atoms with Crippen LogP contribution in [0, 0.1) is 5.92 Å². The number of likely N-dealkylation sites (tertiary alicyclic amines) is 1. The Hall–Kier alpha value is -2.63. The third-order valence-electron chi connectivity index (χ3n) is 5.73. The van der Waals surface area contributed by atoms with E-state index in [0.717, 1.165) is 18.2 Å². The van der Waals surface area contributed by atoms with Gasteiger partial charge in [-0.1, -0.05) is 18.2 Å². The highest BCUT2D eigenvalue weighted by Crippen LogP contribution is 2.32. The zero-order chi connectivity index (χ0) is 23.6. The summed E-state index contributed by atoms with van der Waals surface area (Å²) in [6.07, 6.45) is -3.56. The molecule has 0 saturated carbocycles. The molecule has 4 rings (SSSR count). The Morgan fingerprint density at radius 1 is 1.00 bits per heavy atom. The number of hydrogen-bond donors (Lipinski definition) is 1. The highest BCUT2D eigenvalue weighted by Gasteiger charge is 2.34. The van der Waals surface area contributed by atoms with Gasteiger partial charge in [0.2, 0.25) is 0 Å². The second-order valence-corrected chi connectivity index (χ2v) is 9.60. The van der Waals surface area contributed by atoms with Gasteiger partial charge >= 0.3 is 6.18 Å². The minimum atomic E-state index is -4.68. The lowest BCUT2D eigenvalue weighted by atomic mass is 9.95. The van der Waals surface area contributed by atoms with Crippen LogP contribution in [0.1, 0.15) is 28.8 Å². The van der Waals surface area contributed by atoms with Gasteiger partial charge in [-0.2, -0.15) is 13.2 Å². The summed E-state index contributed by atoms with van der Waals surface area (Å²) in [7, 11) is -4.36. The third-order valence-corrected chi connectivity index (χ3v) is 7.10. The molecule has 0 bridgehead atoms. The van der Waals surface area contributed by atoms with Crippen molar-refractivity contribution in [2.24, 2.45) is 5.92 Å². The fraction of sp³-hybridized carbons (Fsp3) is 0.409. The summed E-state index contributed by atoms with van der Waals surface area (Å²) in [5.74, 6) is -0.171. The molecule has 0 spiro atoms. The second kappa shape index (κ2) is 9.32. The number of anilines is 1. The molecule has 2 aliphatic heterocycles. The first kappa shape index (κ1) is 23.5. The summed E-state index contributed by atoms with van der Waals surface area (Å²) in [5, 5.41) is 0. The first-order valence-corrected chi connectivity index (χ1v) is 11.9. The molecule has 1 amide bonds. The number of halogens is 3. The molecule has 178 valence electrons. The van der Waals surface area contributed by atoms with Crippen molar-refractivity contribution in [3.05, 3.63) is 59.7 Å². The third kappa shape index (κ3) is 5.31. The zero-order valence-electron chi connectivity index (χ0n) is 17.5. The quantitative estimate of drug-likeness (QED) is 0.699. The Labute approximate surface area is 189 Å². The van der Waals surface area contributed by atoms with E-state index in [1.165, 1.54) is 12.1 Å². The predicted molar refractivity (Wildman–Crippen MR) is 113 cm³/mol. The van der Waals surface area contributed by atoms with E-state index < -0.39 is 26.7 Å². The Morgan fingerprint density at radius 2 is 1.67 bits per heavy atom. The van der Waals surface area contributed by atoms with Gasteiger partial charge in [0.05, 0.1) is 34.9 Å². The van der Waals surface area contributed by atoms with Gasteiger partial charge in [-0.05, 0) is 43.2 Å². The van der Waals surface area contributed by atoms with Crippen LogP contribution in [0.4, 0.5) is 18.9 Å². The minimum absolute atomic E-state index is 0.00416. The van der Waals surface area contributed by atoms with Gasteiger partial charge in [-0.25, -0.2) is 8.42 Å². The van der Waals surface area contributed by atoms with Gasteiger partial charge in [0.1, 0.15) is 0 Å². The number of nitrogens with zero attached hydrogens (tertiary/aromatic N) is 1. The van der Waals surface area contributed by atoms with Crippen molar-refractivity contribution in [3.63, 3.8) is 0 Å². The van der Waals surface area contributed by atoms with Crippen LogP contribution in [-0.4, -0.2) is 51.8 Å². The molecule has 0 radical (unpaired) electrons. The van der Waals surface area contributed by atoms with E-state index in [0.29, 0.717) is 45.2 Å². The molecule has 11 heteroatoms. The number of carbonyl (C=O) groups is 1. The molecule has 33 heavy (non-hydrogen) atoms. The number of rotatable bonds is 5. The van der Waals surface area contributed by atoms with Gasteiger partial charge in [0.25, 0.3) is 15.9 Å². The first-order chi connectivity index (χ1) is 15.6. The zero-order valence-corrected chi connectivity index (χ0v) is 18.4. The van der Waals surface area contributed by atoms with Crippen LogP contribution in [0.25, 0.3) is 0 Å². The lowest BCUT2D eigenvalue weighted by Gasteiger charge is -2.34. The first-order valence-electron chi connectivity index (χ1n) is 10.5. The topological polar surface area (TPSA) is 84.9 Å². The Bertz CT molecular complexity index is 1110. The van der Waals surface area contributed by atoms with Crippen molar-refractivity contribution in [1.82, 2.24) is 4.90 Å². The van der Waals surface area contributed by atoms with Crippen LogP contribution in [0.3, 0.4) is 0 Å². The van der Waals surface area contributed by atoms with Gasteiger partial charge in [-0.3, -0.25) is 9.52 Å². The van der Waals surface area contributed by atoms with E-state index >= 15 is 0 Å². The van der Waals surface area contributed by atoms with Crippen LogP contribution in [-0.2, 0) is 25.7 Å². The summed E-state index contributed by atoms with van der Waals surface area (Å²) in [6.45, 7) is 2.04. The molecular weight excluding hydrogens is 461 g/mol. The van der Waals surface area contributed by atoms with Crippen LogP contribution >= 0.6 is 0 Å². The Kier molecular flexibility index (Phi) is 6.64. The maximum Gasteiger partial charge on any atom is 0.416 e. The number of hydrogen-bond acceptors (Lipinski definition) is 5. The van der Waals surface area contributed by atoms with Crippen LogP contribution < -0.4 is 4.72 Å². The molecule has 2 aromatic rings. The van der Waals surface area contributed by atoms with Crippen LogP contribution in [0.5, 0.6) is 0 Å². The standard InChI is InChI=1S/C22H23F3N2O5S/c23-22(24,25)16-4-3-5-17(14-16)33(29,30)26-19-7-2-1-6-18(19)20(28)27-10-8-15(9-11-27)21-31-12-13-32-21/h1-7,14-15,21,26H,8-13H2. The second-order valence-electron chi connectivity index (χ2n) is 7.92. The predicted octanol–water partition coefficient (Wildman–Crippen LogP) is 3.73. The molecule has 0 atom stereocenters. The van der Waals surface area contributed by atoms with E-state index in [9.17, 15) is 26.4 Å². The lowest BCUT2D eigenvalue weighted by Crippen LogP contribution is -2.41. The Balaban J connectivity index is 1.50. The number of para-hydroxylation sites is 1. The largest absolute Gasteiger partial charge is 0.416 e. The van der Waals surface area contributed by atoms with E-state index in [-0.39, 0.29) is 29.4 Å². The van der Waals surface area contributed by atoms with Crippen molar-refractivity contribution in [3.8, 4) is 0 Å². The molecule has 2 aromatic carbocycles. The molecule has 0 unspecified atom stereocenters. The molecule has 1 N–H and O–H groups in total. The number of amides is 1. The number of alkyl halides is 3. The van der Waals surface area contributed by atoms with Crippen molar-refractivity contribution in [2.75, 3.05) is 31.0 Å². The summed E-state index contributed by atoms with van der Waals surface area (Å²) >= 11 is 0. The van der Waals surface area contributed by atoms with Crippen molar-refractivity contribution in [1.29, 1.82) is 0 Å². The maximum absolute atomic E-state index is 13.1. The van der Waals surface area contributed by atoms with Crippen LogP contribution in [0.15, 0.2) is 53.4 Å². The minimum Gasteiger partial charge on any atom is -0.350 e. The van der Waals surface area contributed by atoms with E-state index in [4.69, 9.17) is 9.47 Å². The van der Waals surface area contributed by atoms with Crippen molar-refractivity contribution < 1.29 is 35.9 Å². The van der Waals surface area contributed by atoms with E-state index in [1.807, 2.05) is 0 Å². The summed E-state index contributed by atoms with van der Waals surface area (Å²) in [6, 6.07) is 9.49. The van der Waals surface area contributed by atoms with Gasteiger partial charge < -0.3 is 14.4 Å². The molecule has 2 fully saturated rings. The van der Waals surface area contributed by atoms with Gasteiger partial charge in [0, 0.05) is 19.0 Å². The summed E-state index contributed by atoms with van der Waals surface area (Å²) in [5.41, 5.74) is -0.947. The highest BCUT2D eigenvalue weighted by molar-refractivity contribution is 7.92. The lowest BCUT2D eigenvalue weighted by molar-refractivity contribution is -0.137. The number of sulfonamides is 1. The molecule has 0 aliphatic carbocycles. The number of benzene rings is 2. The molecule has 0 aromatic heterocycles. The SMILES string of the molecule is O=C(c1ccccc1NS(=O)(=O)c1cccc(C(F)(F)F)c1)N1CCC(C2OCCO2)CC1.